The largest absolute Gasteiger partial charge is 0.479 e. The molecule has 1 fully saturated rings. The predicted molar refractivity (Wildman–Crippen MR) is 113 cm³/mol. The number of aromatic nitrogens is 4. The molecule has 1 saturated carbocycles. The van der Waals surface area contributed by atoms with E-state index in [4.69, 9.17) is 20.9 Å². The first-order chi connectivity index (χ1) is 14.4. The molecule has 10 heteroatoms. The number of aliphatic hydroxyl groups excluding tert-OH is 1. The first-order valence-electron chi connectivity index (χ1n) is 9.87. The average molecular weight is 480 g/mol. The van der Waals surface area contributed by atoms with Gasteiger partial charge in [-0.2, -0.15) is 9.61 Å². The van der Waals surface area contributed by atoms with Gasteiger partial charge in [-0.1, -0.05) is 0 Å². The van der Waals surface area contributed by atoms with E-state index in [1.165, 1.54) is 0 Å². The molecule has 1 unspecified atom stereocenters. The van der Waals surface area contributed by atoms with Gasteiger partial charge >= 0.3 is 5.97 Å². The van der Waals surface area contributed by atoms with E-state index in [0.29, 0.717) is 48.2 Å². The van der Waals surface area contributed by atoms with Gasteiger partial charge in [-0.05, 0) is 47.7 Å². The Balaban J connectivity index is 1.66. The molecule has 8 nitrogen and oxygen atoms in total. The Kier molecular flexibility index (Phi) is 5.79. The molecule has 0 amide bonds. The van der Waals surface area contributed by atoms with Gasteiger partial charge in [-0.15, -0.1) is 0 Å². The van der Waals surface area contributed by atoms with Crippen LogP contribution in [0.3, 0.4) is 0 Å². The highest BCUT2D eigenvalue weighted by Gasteiger charge is 2.34. The normalized spacial score (nSPS) is 20.5. The van der Waals surface area contributed by atoms with Crippen LogP contribution in [-0.2, 0) is 11.3 Å². The van der Waals surface area contributed by atoms with E-state index in [-0.39, 0.29) is 12.5 Å². The number of hydrogen-bond acceptors (Lipinski definition) is 5. The molecule has 3 aromatic rings. The van der Waals surface area contributed by atoms with Gasteiger partial charge in [0.15, 0.2) is 11.8 Å². The van der Waals surface area contributed by atoms with E-state index in [9.17, 15) is 9.18 Å². The highest BCUT2D eigenvalue weighted by Crippen LogP contribution is 2.41. The van der Waals surface area contributed by atoms with Crippen LogP contribution in [0.15, 0.2) is 29.1 Å². The van der Waals surface area contributed by atoms with Crippen LogP contribution >= 0.6 is 15.9 Å². The lowest BCUT2D eigenvalue weighted by molar-refractivity contribution is -0.145. The summed E-state index contributed by atoms with van der Waals surface area (Å²) in [5.74, 6) is -1.35. The Bertz CT molecular complexity index is 1070. The molecule has 3 heterocycles. The smallest absolute Gasteiger partial charge is 0.338 e. The minimum absolute atomic E-state index is 0.0511. The van der Waals surface area contributed by atoms with Crippen molar-refractivity contribution in [2.75, 3.05) is 12.3 Å². The molecule has 1 aliphatic carbocycles. The summed E-state index contributed by atoms with van der Waals surface area (Å²) in [6.45, 7) is 0.552. The molecule has 30 heavy (non-hydrogen) atoms. The number of fused-ring (bicyclic) bond motifs is 1. The molecule has 0 spiro atoms. The highest BCUT2D eigenvalue weighted by atomic mass is 79.9. The molecular formula is C20H23BrFN5O3. The highest BCUT2D eigenvalue weighted by molar-refractivity contribution is 9.10. The van der Waals surface area contributed by atoms with Crippen molar-refractivity contribution >= 4 is 33.4 Å². The zero-order valence-corrected chi connectivity index (χ0v) is 17.8. The van der Waals surface area contributed by atoms with E-state index in [1.54, 1.807) is 10.7 Å². The van der Waals surface area contributed by atoms with Crippen molar-refractivity contribution in [2.24, 2.45) is 5.92 Å². The van der Waals surface area contributed by atoms with Crippen LogP contribution in [-0.4, -0.2) is 48.1 Å². The van der Waals surface area contributed by atoms with Crippen LogP contribution in [0.1, 0.15) is 37.3 Å². The van der Waals surface area contributed by atoms with E-state index in [1.807, 2.05) is 23.0 Å². The van der Waals surface area contributed by atoms with Crippen LogP contribution in [0.25, 0.3) is 16.8 Å². The van der Waals surface area contributed by atoms with Gasteiger partial charge in [-0.3, -0.25) is 0 Å². The topological polar surface area (TPSA) is 119 Å². The number of rotatable bonds is 6. The molecule has 160 valence electrons. The lowest BCUT2D eigenvalue weighted by atomic mass is 9.78. The van der Waals surface area contributed by atoms with Crippen LogP contribution < -0.4 is 5.73 Å². The number of aliphatic carboxylic acids is 1. The van der Waals surface area contributed by atoms with Gasteiger partial charge in [0.1, 0.15) is 5.82 Å². The summed E-state index contributed by atoms with van der Waals surface area (Å²) in [6.07, 6.45) is 5.98. The Labute approximate surface area is 180 Å². The fourth-order valence-electron chi connectivity index (χ4n) is 4.23. The fraction of sp³-hybridized carbons (Fsp3) is 0.450. The summed E-state index contributed by atoms with van der Waals surface area (Å²) in [5, 5.41) is 22.4. The average Bonchev–Trinajstić information content (AvgIpc) is 3.37. The van der Waals surface area contributed by atoms with Crippen molar-refractivity contribution in [1.29, 1.82) is 0 Å². The number of alkyl halides is 1. The van der Waals surface area contributed by atoms with E-state index < -0.39 is 18.1 Å². The monoisotopic (exact) mass is 479 g/mol. The van der Waals surface area contributed by atoms with Crippen molar-refractivity contribution in [2.45, 2.75) is 44.3 Å². The zero-order chi connectivity index (χ0) is 21.4. The molecule has 4 N–H and O–H groups in total. The Morgan fingerprint density at radius 3 is 2.77 bits per heavy atom. The fourth-order valence-corrected chi connectivity index (χ4v) is 4.81. The number of nitrogens with two attached hydrogens (primary N) is 1. The number of halogens is 2. The second kappa shape index (κ2) is 8.35. The van der Waals surface area contributed by atoms with Crippen molar-refractivity contribution in [1.82, 2.24) is 19.2 Å². The maximum absolute atomic E-state index is 13.9. The molecule has 1 atom stereocenters. The molecule has 0 radical (unpaired) electrons. The number of carboxylic acids is 1. The molecule has 0 aromatic carbocycles. The zero-order valence-electron chi connectivity index (χ0n) is 16.2. The van der Waals surface area contributed by atoms with Crippen LogP contribution in [0.5, 0.6) is 0 Å². The van der Waals surface area contributed by atoms with Crippen LogP contribution in [0.2, 0.25) is 0 Å². The van der Waals surface area contributed by atoms with Gasteiger partial charge in [0.25, 0.3) is 0 Å². The predicted octanol–water partition coefficient (Wildman–Crippen LogP) is 3.23. The van der Waals surface area contributed by atoms with E-state index in [0.717, 1.165) is 16.8 Å². The van der Waals surface area contributed by atoms with Gasteiger partial charge < -0.3 is 20.5 Å². The van der Waals surface area contributed by atoms with Crippen molar-refractivity contribution in [3.05, 3.63) is 34.8 Å². The standard InChI is InChI=1S/C20H23BrFN5O3/c21-15-17(12-3-1-11(2-4-12)16(22)20(29)30)25-19-14(9-24-27(19)18(15)23)13-5-6-26(10-13)7-8-28/h5-6,9-12,16,28H,1-4,7-8,23H2,(H,29,30)/t11-,12+,16?. The number of carbonyl (C=O) groups is 1. The SMILES string of the molecule is Nc1c(Br)c([C@H]2CC[C@@H](C(F)C(=O)O)CC2)nc2c(-c3ccn(CCO)c3)cnn12. The number of anilines is 1. The van der Waals surface area contributed by atoms with Gasteiger partial charge in [0, 0.05) is 41.9 Å². The summed E-state index contributed by atoms with van der Waals surface area (Å²) in [4.78, 5) is 15.8. The molecule has 0 aliphatic heterocycles. The Morgan fingerprint density at radius 2 is 2.10 bits per heavy atom. The number of nitrogen functional groups attached to an aromatic ring is 1. The Morgan fingerprint density at radius 1 is 1.37 bits per heavy atom. The summed E-state index contributed by atoms with van der Waals surface area (Å²) < 4.78 is 18.0. The van der Waals surface area contributed by atoms with Crippen LogP contribution in [0, 0.1) is 5.92 Å². The number of hydrogen-bond donors (Lipinski definition) is 3. The lowest BCUT2D eigenvalue weighted by Gasteiger charge is -2.29. The minimum atomic E-state index is -1.82. The first kappa shape index (κ1) is 20.8. The molecule has 3 aromatic heterocycles. The third-order valence-corrected chi connectivity index (χ3v) is 6.69. The summed E-state index contributed by atoms with van der Waals surface area (Å²) in [7, 11) is 0. The van der Waals surface area contributed by atoms with Crippen molar-refractivity contribution < 1.29 is 19.4 Å². The maximum Gasteiger partial charge on any atom is 0.338 e. The molecule has 4 rings (SSSR count). The van der Waals surface area contributed by atoms with Gasteiger partial charge in [-0.25, -0.2) is 14.2 Å². The van der Waals surface area contributed by atoms with Crippen LogP contribution in [0.4, 0.5) is 10.2 Å². The quantitative estimate of drug-likeness (QED) is 0.499. The van der Waals surface area contributed by atoms with Gasteiger partial charge in [0.2, 0.25) is 0 Å². The van der Waals surface area contributed by atoms with E-state index in [2.05, 4.69) is 21.0 Å². The second-order valence-corrected chi connectivity index (χ2v) is 8.50. The molecular weight excluding hydrogens is 457 g/mol. The third kappa shape index (κ3) is 3.69. The molecule has 0 saturated heterocycles. The number of nitrogens with zero attached hydrogens (tertiary/aromatic N) is 4. The summed E-state index contributed by atoms with van der Waals surface area (Å²) in [5.41, 5.74) is 9.49. The number of aliphatic hydroxyl groups is 1. The molecule has 1 aliphatic rings. The summed E-state index contributed by atoms with van der Waals surface area (Å²) in [6, 6.07) is 1.94. The number of carboxylic acid groups (broad SMARTS) is 1. The maximum atomic E-state index is 13.9. The van der Waals surface area contributed by atoms with E-state index >= 15 is 0 Å². The van der Waals surface area contributed by atoms with Gasteiger partial charge in [0.05, 0.1) is 23.0 Å². The van der Waals surface area contributed by atoms with Crippen molar-refractivity contribution in [3.8, 4) is 11.1 Å². The first-order valence-corrected chi connectivity index (χ1v) is 10.7. The molecule has 0 bridgehead atoms. The second-order valence-electron chi connectivity index (χ2n) is 7.70. The minimum Gasteiger partial charge on any atom is -0.479 e. The Hall–Kier alpha value is -2.46. The third-order valence-electron chi connectivity index (χ3n) is 5.88. The van der Waals surface area contributed by atoms with Crippen molar-refractivity contribution in [3.63, 3.8) is 0 Å². The summed E-state index contributed by atoms with van der Waals surface area (Å²) >= 11 is 3.55. The lowest BCUT2D eigenvalue weighted by Crippen LogP contribution is -2.28.